The number of thiophene rings is 1. The summed E-state index contributed by atoms with van der Waals surface area (Å²) in [4.78, 5) is 16.0. The van der Waals surface area contributed by atoms with Gasteiger partial charge in [-0.3, -0.25) is 9.69 Å². The highest BCUT2D eigenvalue weighted by Crippen LogP contribution is 2.26. The van der Waals surface area contributed by atoms with Gasteiger partial charge in [-0.2, -0.15) is 0 Å². The van der Waals surface area contributed by atoms with E-state index in [-0.39, 0.29) is 11.9 Å². The Morgan fingerprint density at radius 1 is 1.17 bits per heavy atom. The molecule has 0 spiro atoms. The van der Waals surface area contributed by atoms with Crippen LogP contribution in [0, 0.1) is 0 Å². The Morgan fingerprint density at radius 3 is 2.57 bits per heavy atom. The number of aromatic nitrogens is 1. The summed E-state index contributed by atoms with van der Waals surface area (Å²) in [6.45, 7) is 8.00. The molecule has 1 atom stereocenters. The van der Waals surface area contributed by atoms with Crippen LogP contribution in [0.15, 0.2) is 52.4 Å². The number of amides is 1. The van der Waals surface area contributed by atoms with Gasteiger partial charge in [0.25, 0.3) is 5.91 Å². The Labute approximate surface area is 180 Å². The van der Waals surface area contributed by atoms with Crippen molar-refractivity contribution in [1.82, 2.24) is 15.4 Å². The molecule has 1 aromatic carbocycles. The molecule has 2 aromatic heterocycles. The van der Waals surface area contributed by atoms with E-state index in [1.165, 1.54) is 11.1 Å². The molecule has 30 heavy (non-hydrogen) atoms. The third-order valence-corrected chi connectivity index (χ3v) is 6.32. The van der Waals surface area contributed by atoms with Crippen LogP contribution in [-0.2, 0) is 4.74 Å². The van der Waals surface area contributed by atoms with E-state index in [1.807, 2.05) is 17.5 Å². The van der Waals surface area contributed by atoms with Gasteiger partial charge in [0.2, 0.25) is 0 Å². The van der Waals surface area contributed by atoms with Crippen molar-refractivity contribution < 1.29 is 14.1 Å². The lowest BCUT2D eigenvalue weighted by atomic mass is 9.98. The topological polar surface area (TPSA) is 67.6 Å². The number of rotatable bonds is 7. The minimum atomic E-state index is -0.224. The fraction of sp³-hybridized carbons (Fsp3) is 0.391. The van der Waals surface area contributed by atoms with Gasteiger partial charge in [-0.05, 0) is 28.5 Å². The van der Waals surface area contributed by atoms with Crippen LogP contribution >= 0.6 is 11.3 Å². The Balaban J connectivity index is 1.46. The minimum absolute atomic E-state index is 0.0859. The van der Waals surface area contributed by atoms with E-state index >= 15 is 0 Å². The molecule has 1 aliphatic heterocycles. The van der Waals surface area contributed by atoms with Gasteiger partial charge in [0.1, 0.15) is 0 Å². The third-order valence-electron chi connectivity index (χ3n) is 5.44. The number of nitrogens with one attached hydrogen (secondary N) is 1. The molecule has 3 aromatic rings. The molecule has 1 N–H and O–H groups in total. The summed E-state index contributed by atoms with van der Waals surface area (Å²) in [5.41, 5.74) is 2.81. The van der Waals surface area contributed by atoms with Crippen LogP contribution in [-0.4, -0.2) is 48.8 Å². The minimum Gasteiger partial charge on any atom is -0.379 e. The second kappa shape index (κ2) is 9.55. The summed E-state index contributed by atoms with van der Waals surface area (Å²) >= 11 is 1.55. The van der Waals surface area contributed by atoms with Crippen molar-refractivity contribution in [1.29, 1.82) is 0 Å². The van der Waals surface area contributed by atoms with Crippen molar-refractivity contribution in [3.63, 3.8) is 0 Å². The molecule has 158 valence electrons. The molecule has 1 fully saturated rings. The molecule has 0 unspecified atom stereocenters. The first-order valence-electron chi connectivity index (χ1n) is 10.3. The standard InChI is InChI=1S/C23H27N3O3S/c1-16(2)17-5-7-18(8-6-17)20(26-9-11-28-12-10-26)15-24-23(27)19-14-21(29-25-19)22-4-3-13-30-22/h3-8,13-14,16,20H,9-12,15H2,1-2H3,(H,24,27)/t20-/m1/s1. The first kappa shape index (κ1) is 20.8. The largest absolute Gasteiger partial charge is 0.379 e. The second-order valence-corrected chi connectivity index (χ2v) is 8.70. The van der Waals surface area contributed by atoms with Crippen LogP contribution in [0.5, 0.6) is 0 Å². The number of benzene rings is 1. The van der Waals surface area contributed by atoms with Gasteiger partial charge >= 0.3 is 0 Å². The summed E-state index contributed by atoms with van der Waals surface area (Å²) in [7, 11) is 0. The normalized spacial score (nSPS) is 16.0. The molecule has 3 heterocycles. The van der Waals surface area contributed by atoms with E-state index in [9.17, 15) is 4.79 Å². The molecular formula is C23H27N3O3S. The second-order valence-electron chi connectivity index (χ2n) is 7.75. The number of carbonyl (C=O) groups excluding carboxylic acids is 1. The average molecular weight is 426 g/mol. The summed E-state index contributed by atoms with van der Waals surface area (Å²) in [6, 6.07) is 14.4. The smallest absolute Gasteiger partial charge is 0.273 e. The predicted octanol–water partition coefficient (Wildman–Crippen LogP) is 4.33. The average Bonchev–Trinajstić information content (AvgIpc) is 3.47. The van der Waals surface area contributed by atoms with Crippen LogP contribution in [0.4, 0.5) is 0 Å². The molecule has 0 radical (unpaired) electrons. The summed E-state index contributed by atoms with van der Waals surface area (Å²) < 4.78 is 10.9. The maximum Gasteiger partial charge on any atom is 0.273 e. The molecule has 0 bridgehead atoms. The predicted molar refractivity (Wildman–Crippen MR) is 118 cm³/mol. The van der Waals surface area contributed by atoms with Gasteiger partial charge in [-0.1, -0.05) is 49.3 Å². The lowest BCUT2D eigenvalue weighted by molar-refractivity contribution is 0.0162. The number of hydrogen-bond donors (Lipinski definition) is 1. The summed E-state index contributed by atoms with van der Waals surface area (Å²) in [5, 5.41) is 8.97. The van der Waals surface area contributed by atoms with Gasteiger partial charge in [-0.15, -0.1) is 11.3 Å². The lowest BCUT2D eigenvalue weighted by Crippen LogP contribution is -2.43. The Bertz CT molecular complexity index is 945. The molecule has 6 nitrogen and oxygen atoms in total. The van der Waals surface area contributed by atoms with Crippen molar-refractivity contribution in [2.24, 2.45) is 0 Å². The van der Waals surface area contributed by atoms with Crippen LogP contribution in [0.1, 0.15) is 47.4 Å². The van der Waals surface area contributed by atoms with Gasteiger partial charge < -0.3 is 14.6 Å². The number of morpholine rings is 1. The van der Waals surface area contributed by atoms with Crippen LogP contribution in [0.3, 0.4) is 0 Å². The third kappa shape index (κ3) is 4.80. The lowest BCUT2D eigenvalue weighted by Gasteiger charge is -2.35. The molecule has 1 amide bonds. The fourth-order valence-electron chi connectivity index (χ4n) is 3.65. The molecular weight excluding hydrogens is 398 g/mol. The van der Waals surface area contributed by atoms with E-state index in [2.05, 4.69) is 53.5 Å². The zero-order valence-electron chi connectivity index (χ0n) is 17.3. The number of hydrogen-bond acceptors (Lipinski definition) is 6. The van der Waals surface area contributed by atoms with Crippen molar-refractivity contribution in [2.45, 2.75) is 25.8 Å². The summed E-state index contributed by atoms with van der Waals surface area (Å²) in [6.07, 6.45) is 0. The zero-order valence-corrected chi connectivity index (χ0v) is 18.2. The number of carbonyl (C=O) groups is 1. The van der Waals surface area contributed by atoms with E-state index < -0.39 is 0 Å². The van der Waals surface area contributed by atoms with E-state index in [0.29, 0.717) is 37.1 Å². The molecule has 4 rings (SSSR count). The number of nitrogens with zero attached hydrogens (tertiary/aromatic N) is 2. The Morgan fingerprint density at radius 2 is 1.90 bits per heavy atom. The highest BCUT2D eigenvalue weighted by Gasteiger charge is 2.24. The number of ether oxygens (including phenoxy) is 1. The highest BCUT2D eigenvalue weighted by molar-refractivity contribution is 7.13. The molecule has 0 saturated carbocycles. The fourth-order valence-corrected chi connectivity index (χ4v) is 4.32. The van der Waals surface area contributed by atoms with Gasteiger partial charge in [-0.25, -0.2) is 0 Å². The first-order valence-corrected chi connectivity index (χ1v) is 11.2. The molecule has 1 saturated heterocycles. The quantitative estimate of drug-likeness (QED) is 0.610. The zero-order chi connectivity index (χ0) is 20.9. The van der Waals surface area contributed by atoms with Crippen molar-refractivity contribution in [3.8, 4) is 10.6 Å². The van der Waals surface area contributed by atoms with Gasteiger partial charge in [0.05, 0.1) is 24.1 Å². The van der Waals surface area contributed by atoms with Crippen molar-refractivity contribution >= 4 is 17.2 Å². The molecule has 0 aliphatic carbocycles. The molecule has 7 heteroatoms. The Kier molecular flexibility index (Phi) is 6.62. The van der Waals surface area contributed by atoms with Gasteiger partial charge in [0.15, 0.2) is 11.5 Å². The van der Waals surface area contributed by atoms with Crippen molar-refractivity contribution in [2.75, 3.05) is 32.8 Å². The van der Waals surface area contributed by atoms with E-state index in [0.717, 1.165) is 18.0 Å². The maximum atomic E-state index is 12.7. The van der Waals surface area contributed by atoms with Crippen LogP contribution < -0.4 is 5.32 Å². The van der Waals surface area contributed by atoms with E-state index in [1.54, 1.807) is 17.4 Å². The first-order chi connectivity index (χ1) is 14.6. The van der Waals surface area contributed by atoms with Crippen LogP contribution in [0.25, 0.3) is 10.6 Å². The summed E-state index contributed by atoms with van der Waals surface area (Å²) in [5.74, 6) is 0.882. The van der Waals surface area contributed by atoms with Crippen molar-refractivity contribution in [3.05, 3.63) is 64.7 Å². The van der Waals surface area contributed by atoms with E-state index in [4.69, 9.17) is 9.26 Å². The molecule has 1 aliphatic rings. The van der Waals surface area contributed by atoms with Crippen LogP contribution in [0.2, 0.25) is 0 Å². The SMILES string of the molecule is CC(C)c1ccc([C@@H](CNC(=O)c2cc(-c3cccs3)on2)N2CCOCC2)cc1. The maximum absolute atomic E-state index is 12.7. The monoisotopic (exact) mass is 425 g/mol. The Hall–Kier alpha value is -2.48. The highest BCUT2D eigenvalue weighted by atomic mass is 32.1. The van der Waals surface area contributed by atoms with Gasteiger partial charge in [0, 0.05) is 25.7 Å².